The molecule has 1 aromatic carbocycles. The molecule has 0 saturated heterocycles. The zero-order chi connectivity index (χ0) is 20.1. The maximum Gasteiger partial charge on any atom is 0.226 e. The Balaban J connectivity index is 1.37. The lowest BCUT2D eigenvalue weighted by Gasteiger charge is -2.60. The molecule has 6 rings (SSSR count). The van der Waals surface area contributed by atoms with E-state index in [0.29, 0.717) is 29.7 Å². The SMILES string of the molecule is CCOc1ccccc1CNC(=O)C12CC3CC(C1)CC(n1cnc(Br)n1)(C3)C2. The molecule has 6 nitrogen and oxygen atoms in total. The van der Waals surface area contributed by atoms with Crippen LogP contribution in [0, 0.1) is 17.3 Å². The standard InChI is InChI=1S/C22H27BrN4O2/c1-2-29-18-6-4-3-5-17(18)12-24-19(28)21-8-15-7-16(9-21)11-22(10-15,13-21)27-14-25-20(23)26-27/h3-6,14-16H,2,7-13H2,1H3,(H,24,28). The summed E-state index contributed by atoms with van der Waals surface area (Å²) in [6, 6.07) is 7.95. The van der Waals surface area contributed by atoms with Crippen molar-refractivity contribution in [1.29, 1.82) is 0 Å². The first-order valence-electron chi connectivity index (χ1n) is 10.6. The van der Waals surface area contributed by atoms with Crippen molar-refractivity contribution in [1.82, 2.24) is 20.1 Å². The molecule has 154 valence electrons. The number of nitrogens with zero attached hydrogens (tertiary/aromatic N) is 3. The van der Waals surface area contributed by atoms with Gasteiger partial charge >= 0.3 is 0 Å². The number of carbonyl (C=O) groups is 1. The highest BCUT2D eigenvalue weighted by molar-refractivity contribution is 9.10. The maximum absolute atomic E-state index is 13.5. The van der Waals surface area contributed by atoms with Crippen LogP contribution in [-0.2, 0) is 16.9 Å². The molecule has 4 saturated carbocycles. The number of amides is 1. The fourth-order valence-corrected chi connectivity index (χ4v) is 6.79. The van der Waals surface area contributed by atoms with Crippen LogP contribution in [0.25, 0.3) is 0 Å². The van der Waals surface area contributed by atoms with Gasteiger partial charge < -0.3 is 10.1 Å². The van der Waals surface area contributed by atoms with Crippen molar-refractivity contribution >= 4 is 21.8 Å². The number of hydrogen-bond acceptors (Lipinski definition) is 4. The second-order valence-electron chi connectivity index (χ2n) is 9.15. The average molecular weight is 459 g/mol. The van der Waals surface area contributed by atoms with E-state index in [2.05, 4.69) is 31.3 Å². The number of rotatable bonds is 6. The molecule has 4 aliphatic rings. The Morgan fingerprint density at radius 1 is 1.28 bits per heavy atom. The second kappa shape index (κ2) is 7.11. The van der Waals surface area contributed by atoms with Crippen molar-refractivity contribution < 1.29 is 9.53 Å². The summed E-state index contributed by atoms with van der Waals surface area (Å²) < 4.78 is 8.39. The predicted molar refractivity (Wildman–Crippen MR) is 112 cm³/mol. The Morgan fingerprint density at radius 3 is 2.72 bits per heavy atom. The quantitative estimate of drug-likeness (QED) is 0.708. The van der Waals surface area contributed by atoms with Gasteiger partial charge in [-0.2, -0.15) is 0 Å². The van der Waals surface area contributed by atoms with E-state index in [1.807, 2.05) is 42.2 Å². The predicted octanol–water partition coefficient (Wildman–Crippen LogP) is 4.05. The highest BCUT2D eigenvalue weighted by atomic mass is 79.9. The number of aromatic nitrogens is 3. The molecule has 0 aliphatic heterocycles. The van der Waals surface area contributed by atoms with E-state index in [1.165, 1.54) is 6.42 Å². The Kier molecular flexibility index (Phi) is 4.68. The normalized spacial score (nSPS) is 32.3. The molecule has 29 heavy (non-hydrogen) atoms. The zero-order valence-corrected chi connectivity index (χ0v) is 18.3. The van der Waals surface area contributed by atoms with Gasteiger partial charge in [0.2, 0.25) is 10.6 Å². The van der Waals surface area contributed by atoms with E-state index in [4.69, 9.17) is 4.74 Å². The number of nitrogens with one attached hydrogen (secondary N) is 1. The minimum absolute atomic E-state index is 0.0658. The Labute approximate surface area is 179 Å². The Hall–Kier alpha value is -1.89. The van der Waals surface area contributed by atoms with Crippen molar-refractivity contribution in [2.45, 2.75) is 57.5 Å². The summed E-state index contributed by atoms with van der Waals surface area (Å²) >= 11 is 3.39. The van der Waals surface area contributed by atoms with Gasteiger partial charge in [-0.05, 0) is 79.3 Å². The third-order valence-electron chi connectivity index (χ3n) is 7.17. The molecule has 1 aromatic heterocycles. The summed E-state index contributed by atoms with van der Waals surface area (Å²) in [5.41, 5.74) is 0.676. The molecule has 1 amide bonds. The van der Waals surface area contributed by atoms with Crippen LogP contribution in [0.3, 0.4) is 0 Å². The molecule has 7 heteroatoms. The first-order valence-corrected chi connectivity index (χ1v) is 11.4. The molecule has 1 N–H and O–H groups in total. The highest BCUT2D eigenvalue weighted by Gasteiger charge is 2.61. The van der Waals surface area contributed by atoms with Gasteiger partial charge in [0, 0.05) is 12.1 Å². The van der Waals surface area contributed by atoms with E-state index < -0.39 is 0 Å². The zero-order valence-electron chi connectivity index (χ0n) is 16.7. The third kappa shape index (κ3) is 3.27. The lowest BCUT2D eigenvalue weighted by Crippen LogP contribution is -2.61. The summed E-state index contributed by atoms with van der Waals surface area (Å²) in [4.78, 5) is 17.8. The Morgan fingerprint density at radius 2 is 2.03 bits per heavy atom. The second-order valence-corrected chi connectivity index (χ2v) is 9.86. The fourth-order valence-electron chi connectivity index (χ4n) is 6.53. The van der Waals surface area contributed by atoms with Crippen molar-refractivity contribution in [3.63, 3.8) is 0 Å². The van der Waals surface area contributed by atoms with Gasteiger partial charge in [-0.15, -0.1) is 5.10 Å². The first kappa shape index (κ1) is 19.1. The summed E-state index contributed by atoms with van der Waals surface area (Å²) in [6.45, 7) is 3.11. The van der Waals surface area contributed by atoms with E-state index in [0.717, 1.165) is 43.4 Å². The summed E-state index contributed by atoms with van der Waals surface area (Å²) in [6.07, 6.45) is 8.17. The van der Waals surface area contributed by atoms with Crippen molar-refractivity contribution in [2.24, 2.45) is 17.3 Å². The fraction of sp³-hybridized carbons (Fsp3) is 0.591. The van der Waals surface area contributed by atoms with Crippen LogP contribution in [0.2, 0.25) is 0 Å². The summed E-state index contributed by atoms with van der Waals surface area (Å²) in [5.74, 6) is 2.24. The Bertz CT molecular complexity index is 913. The van der Waals surface area contributed by atoms with Gasteiger partial charge in [0.1, 0.15) is 12.1 Å². The molecule has 0 spiro atoms. The van der Waals surface area contributed by atoms with E-state index in [9.17, 15) is 4.79 Å². The minimum atomic E-state index is -0.289. The molecule has 4 aliphatic carbocycles. The van der Waals surface area contributed by atoms with Gasteiger partial charge in [0.25, 0.3) is 0 Å². The number of halogens is 1. The lowest BCUT2D eigenvalue weighted by atomic mass is 9.46. The number of para-hydroxylation sites is 1. The molecule has 2 aromatic rings. The topological polar surface area (TPSA) is 69.0 Å². The van der Waals surface area contributed by atoms with Gasteiger partial charge in [0.15, 0.2) is 0 Å². The van der Waals surface area contributed by atoms with Crippen LogP contribution in [-0.4, -0.2) is 27.3 Å². The molecular formula is C22H27BrN4O2. The van der Waals surface area contributed by atoms with E-state index in [1.54, 1.807) is 0 Å². The minimum Gasteiger partial charge on any atom is -0.494 e. The number of ether oxygens (including phenoxy) is 1. The van der Waals surface area contributed by atoms with Crippen LogP contribution in [0.5, 0.6) is 5.75 Å². The van der Waals surface area contributed by atoms with E-state index >= 15 is 0 Å². The average Bonchev–Trinajstić information content (AvgIpc) is 3.14. The number of carbonyl (C=O) groups excluding carboxylic acids is 1. The monoisotopic (exact) mass is 458 g/mol. The molecule has 2 atom stereocenters. The number of benzene rings is 1. The summed E-state index contributed by atoms with van der Waals surface area (Å²) in [7, 11) is 0. The lowest BCUT2D eigenvalue weighted by molar-refractivity contribution is -0.156. The van der Waals surface area contributed by atoms with Crippen molar-refractivity contribution in [2.75, 3.05) is 6.61 Å². The molecule has 2 unspecified atom stereocenters. The van der Waals surface area contributed by atoms with Crippen LogP contribution in [0.4, 0.5) is 0 Å². The van der Waals surface area contributed by atoms with Crippen LogP contribution >= 0.6 is 15.9 Å². The molecular weight excluding hydrogens is 432 g/mol. The highest BCUT2D eigenvalue weighted by Crippen LogP contribution is 2.64. The molecule has 1 heterocycles. The first-order chi connectivity index (χ1) is 14.0. The van der Waals surface area contributed by atoms with Crippen LogP contribution in [0.1, 0.15) is 51.0 Å². The van der Waals surface area contributed by atoms with Crippen LogP contribution in [0.15, 0.2) is 35.3 Å². The van der Waals surface area contributed by atoms with E-state index in [-0.39, 0.29) is 16.9 Å². The van der Waals surface area contributed by atoms with Gasteiger partial charge in [0.05, 0.1) is 17.6 Å². The smallest absolute Gasteiger partial charge is 0.226 e. The largest absolute Gasteiger partial charge is 0.494 e. The number of hydrogen-bond donors (Lipinski definition) is 1. The molecule has 0 radical (unpaired) electrons. The van der Waals surface area contributed by atoms with Gasteiger partial charge in [-0.25, -0.2) is 9.67 Å². The molecule has 4 bridgehead atoms. The summed E-state index contributed by atoms with van der Waals surface area (Å²) in [5, 5.41) is 7.85. The van der Waals surface area contributed by atoms with Crippen molar-refractivity contribution in [3.05, 3.63) is 40.9 Å². The molecule has 4 fully saturated rings. The van der Waals surface area contributed by atoms with Crippen LogP contribution < -0.4 is 10.1 Å². The van der Waals surface area contributed by atoms with Gasteiger partial charge in [-0.1, -0.05) is 18.2 Å². The van der Waals surface area contributed by atoms with Gasteiger partial charge in [-0.3, -0.25) is 4.79 Å². The maximum atomic E-state index is 13.5. The van der Waals surface area contributed by atoms with Crippen molar-refractivity contribution in [3.8, 4) is 5.75 Å². The third-order valence-corrected chi connectivity index (χ3v) is 7.54.